The van der Waals surface area contributed by atoms with Crippen LogP contribution in [0.2, 0.25) is 0 Å². The van der Waals surface area contributed by atoms with Crippen LogP contribution in [0.5, 0.6) is 11.5 Å². The molecule has 3 rings (SSSR count). The standard InChI is InChI=1S/C23H29N3O5S/c1-30-21-15-9-10-18(23(21)31-2)16-24-25-22(27)17-26(19-11-5-3-6-12-19)32(28,29)20-13-7-4-8-14-20/h4,7-10,13-16,19H,3,5-6,11-12,17H2,1-2H3,(H,25,27)/b24-16+. The number of benzene rings is 2. The van der Waals surface area contributed by atoms with Crippen LogP contribution in [0.1, 0.15) is 37.7 Å². The van der Waals surface area contributed by atoms with Gasteiger partial charge in [0.2, 0.25) is 10.0 Å². The summed E-state index contributed by atoms with van der Waals surface area (Å²) in [6, 6.07) is 13.3. The molecule has 1 aliphatic rings. The van der Waals surface area contributed by atoms with Gasteiger partial charge in [0.05, 0.1) is 31.9 Å². The highest BCUT2D eigenvalue weighted by Gasteiger charge is 2.33. The van der Waals surface area contributed by atoms with E-state index < -0.39 is 15.9 Å². The number of methoxy groups -OCH3 is 2. The Labute approximate surface area is 189 Å². The van der Waals surface area contributed by atoms with E-state index in [0.29, 0.717) is 17.1 Å². The van der Waals surface area contributed by atoms with Crippen molar-refractivity contribution in [1.29, 1.82) is 0 Å². The molecule has 9 heteroatoms. The second kappa shape index (κ2) is 11.1. The number of ether oxygens (including phenoxy) is 2. The molecule has 1 aliphatic carbocycles. The van der Waals surface area contributed by atoms with Gasteiger partial charge >= 0.3 is 0 Å². The topological polar surface area (TPSA) is 97.3 Å². The first-order valence-corrected chi connectivity index (χ1v) is 12.0. The van der Waals surface area contributed by atoms with Crippen molar-refractivity contribution in [2.75, 3.05) is 20.8 Å². The Hall–Kier alpha value is -2.91. The first-order chi connectivity index (χ1) is 15.5. The number of carbonyl (C=O) groups is 1. The summed E-state index contributed by atoms with van der Waals surface area (Å²) in [6.07, 6.45) is 5.89. The van der Waals surface area contributed by atoms with Gasteiger partial charge in [-0.05, 0) is 37.1 Å². The highest BCUT2D eigenvalue weighted by molar-refractivity contribution is 7.89. The number of hydrazone groups is 1. The molecule has 1 N–H and O–H groups in total. The van der Waals surface area contributed by atoms with E-state index in [0.717, 1.165) is 32.1 Å². The normalized spacial score (nSPS) is 15.1. The average Bonchev–Trinajstić information content (AvgIpc) is 2.83. The van der Waals surface area contributed by atoms with Crippen molar-refractivity contribution < 1.29 is 22.7 Å². The molecule has 32 heavy (non-hydrogen) atoms. The zero-order valence-electron chi connectivity index (χ0n) is 18.4. The number of amides is 1. The maximum absolute atomic E-state index is 13.3. The van der Waals surface area contributed by atoms with Crippen molar-refractivity contribution in [2.45, 2.75) is 43.0 Å². The number of carbonyl (C=O) groups excluding carboxylic acids is 1. The summed E-state index contributed by atoms with van der Waals surface area (Å²) in [6.45, 7) is -0.297. The molecule has 0 radical (unpaired) electrons. The maximum Gasteiger partial charge on any atom is 0.255 e. The van der Waals surface area contributed by atoms with Crippen LogP contribution in [0.15, 0.2) is 58.5 Å². The monoisotopic (exact) mass is 459 g/mol. The van der Waals surface area contributed by atoms with Gasteiger partial charge in [-0.15, -0.1) is 0 Å². The molecule has 172 valence electrons. The van der Waals surface area contributed by atoms with Gasteiger partial charge in [0.1, 0.15) is 0 Å². The highest BCUT2D eigenvalue weighted by Crippen LogP contribution is 2.29. The fraction of sp³-hybridized carbons (Fsp3) is 0.391. The van der Waals surface area contributed by atoms with E-state index in [-0.39, 0.29) is 17.5 Å². The lowest BCUT2D eigenvalue weighted by Crippen LogP contribution is -2.46. The molecule has 0 bridgehead atoms. The summed E-state index contributed by atoms with van der Waals surface area (Å²) in [5.41, 5.74) is 3.06. The van der Waals surface area contributed by atoms with Crippen molar-refractivity contribution in [3.63, 3.8) is 0 Å². The second-order valence-corrected chi connectivity index (χ2v) is 9.42. The summed E-state index contributed by atoms with van der Waals surface area (Å²) >= 11 is 0. The number of nitrogens with one attached hydrogen (secondary N) is 1. The van der Waals surface area contributed by atoms with Crippen LogP contribution >= 0.6 is 0 Å². The quantitative estimate of drug-likeness (QED) is 0.459. The van der Waals surface area contributed by atoms with Crippen LogP contribution in [0.4, 0.5) is 0 Å². The minimum atomic E-state index is -3.81. The molecule has 1 amide bonds. The third kappa shape index (κ3) is 5.66. The molecule has 0 atom stereocenters. The Bertz CT molecular complexity index is 1030. The van der Waals surface area contributed by atoms with E-state index >= 15 is 0 Å². The van der Waals surface area contributed by atoms with Crippen LogP contribution in [-0.4, -0.2) is 51.7 Å². The number of hydrogen-bond acceptors (Lipinski definition) is 6. The van der Waals surface area contributed by atoms with Crippen LogP contribution in [0, 0.1) is 0 Å². The van der Waals surface area contributed by atoms with E-state index in [1.165, 1.54) is 24.7 Å². The third-order valence-electron chi connectivity index (χ3n) is 5.46. The van der Waals surface area contributed by atoms with Gasteiger partial charge in [-0.2, -0.15) is 9.41 Å². The Morgan fingerprint density at radius 2 is 1.78 bits per heavy atom. The Morgan fingerprint density at radius 1 is 1.06 bits per heavy atom. The van der Waals surface area contributed by atoms with Crippen molar-refractivity contribution in [3.05, 3.63) is 54.1 Å². The summed E-state index contributed by atoms with van der Waals surface area (Å²) in [5.74, 6) is 0.525. The molecule has 1 saturated carbocycles. The number of para-hydroxylation sites is 1. The zero-order chi connectivity index (χ0) is 23.0. The van der Waals surface area contributed by atoms with Gasteiger partial charge in [0.15, 0.2) is 11.5 Å². The van der Waals surface area contributed by atoms with Crippen LogP contribution in [-0.2, 0) is 14.8 Å². The predicted octanol–water partition coefficient (Wildman–Crippen LogP) is 3.18. The lowest BCUT2D eigenvalue weighted by Gasteiger charge is -2.32. The minimum Gasteiger partial charge on any atom is -0.493 e. The number of hydrogen-bond donors (Lipinski definition) is 1. The molecule has 0 unspecified atom stereocenters. The first-order valence-electron chi connectivity index (χ1n) is 10.6. The van der Waals surface area contributed by atoms with Gasteiger partial charge in [-0.1, -0.05) is 43.5 Å². The first kappa shape index (κ1) is 23.7. The Balaban J connectivity index is 1.75. The van der Waals surface area contributed by atoms with E-state index in [1.807, 2.05) is 0 Å². The molecule has 0 heterocycles. The molecule has 0 spiro atoms. The molecule has 2 aromatic carbocycles. The molecule has 0 aromatic heterocycles. The van der Waals surface area contributed by atoms with Gasteiger partial charge in [0.25, 0.3) is 5.91 Å². The molecular weight excluding hydrogens is 430 g/mol. The van der Waals surface area contributed by atoms with E-state index in [1.54, 1.807) is 48.5 Å². The summed E-state index contributed by atoms with van der Waals surface area (Å²) in [7, 11) is -0.755. The van der Waals surface area contributed by atoms with Gasteiger partial charge < -0.3 is 9.47 Å². The van der Waals surface area contributed by atoms with Crippen LogP contribution < -0.4 is 14.9 Å². The van der Waals surface area contributed by atoms with E-state index in [2.05, 4.69) is 10.5 Å². The Morgan fingerprint density at radius 3 is 2.44 bits per heavy atom. The van der Waals surface area contributed by atoms with E-state index in [4.69, 9.17) is 9.47 Å². The molecular formula is C23H29N3O5S. The molecule has 2 aromatic rings. The predicted molar refractivity (Wildman–Crippen MR) is 122 cm³/mol. The van der Waals surface area contributed by atoms with Gasteiger partial charge in [-0.3, -0.25) is 4.79 Å². The molecule has 0 aliphatic heterocycles. The molecule has 1 fully saturated rings. The summed E-state index contributed by atoms with van der Waals surface area (Å²) in [4.78, 5) is 12.8. The SMILES string of the molecule is COc1cccc(/C=N/NC(=O)CN(C2CCCCC2)S(=O)(=O)c2ccccc2)c1OC. The fourth-order valence-corrected chi connectivity index (χ4v) is 5.53. The average molecular weight is 460 g/mol. The summed E-state index contributed by atoms with van der Waals surface area (Å²) < 4.78 is 38.5. The summed E-state index contributed by atoms with van der Waals surface area (Å²) in [5, 5.41) is 4.00. The van der Waals surface area contributed by atoms with Crippen molar-refractivity contribution in [2.24, 2.45) is 5.10 Å². The highest BCUT2D eigenvalue weighted by atomic mass is 32.2. The largest absolute Gasteiger partial charge is 0.493 e. The van der Waals surface area contributed by atoms with Crippen molar-refractivity contribution >= 4 is 22.1 Å². The van der Waals surface area contributed by atoms with Gasteiger partial charge in [-0.25, -0.2) is 13.8 Å². The number of nitrogens with zero attached hydrogens (tertiary/aromatic N) is 2. The van der Waals surface area contributed by atoms with Crippen LogP contribution in [0.25, 0.3) is 0 Å². The van der Waals surface area contributed by atoms with Crippen molar-refractivity contribution in [3.8, 4) is 11.5 Å². The number of sulfonamides is 1. The lowest BCUT2D eigenvalue weighted by atomic mass is 9.95. The number of rotatable bonds is 9. The lowest BCUT2D eigenvalue weighted by molar-refractivity contribution is -0.121. The molecule has 0 saturated heterocycles. The maximum atomic E-state index is 13.3. The minimum absolute atomic E-state index is 0.183. The molecule has 8 nitrogen and oxygen atoms in total. The Kier molecular flexibility index (Phi) is 8.24. The smallest absolute Gasteiger partial charge is 0.255 e. The van der Waals surface area contributed by atoms with Crippen molar-refractivity contribution in [1.82, 2.24) is 9.73 Å². The van der Waals surface area contributed by atoms with Crippen LogP contribution in [0.3, 0.4) is 0 Å². The second-order valence-electron chi connectivity index (χ2n) is 7.53. The zero-order valence-corrected chi connectivity index (χ0v) is 19.2. The van der Waals surface area contributed by atoms with Gasteiger partial charge in [0, 0.05) is 11.6 Å². The fourth-order valence-electron chi connectivity index (χ4n) is 3.87. The third-order valence-corrected chi connectivity index (χ3v) is 7.37. The van der Waals surface area contributed by atoms with E-state index in [9.17, 15) is 13.2 Å².